The molecule has 5 heteroatoms. The van der Waals surface area contributed by atoms with Crippen molar-refractivity contribution in [3.8, 4) is 0 Å². The van der Waals surface area contributed by atoms with Gasteiger partial charge in [-0.15, -0.1) is 13.2 Å². The second-order valence-corrected chi connectivity index (χ2v) is 1.78. The molecule has 0 radical (unpaired) electrons. The molecular formula is C5H6F3N2+. The minimum absolute atomic E-state index is 0.118. The van der Waals surface area contributed by atoms with Gasteiger partial charge in [0.05, 0.1) is 6.54 Å². The molecule has 0 spiro atoms. The van der Waals surface area contributed by atoms with Crippen LogP contribution >= 0.6 is 0 Å². The fraction of sp³-hybridized carbons (Fsp3) is 0.400. The molecule has 10 heavy (non-hydrogen) atoms. The first-order valence-electron chi connectivity index (χ1n) is 2.70. The summed E-state index contributed by atoms with van der Waals surface area (Å²) in [6.45, 7) is 0.218. The third kappa shape index (κ3) is 1.49. The number of hydrogen-bond acceptors (Lipinski definition) is 1. The molecule has 1 aliphatic rings. The number of rotatable bonds is 0. The van der Waals surface area contributed by atoms with E-state index in [4.69, 9.17) is 0 Å². The summed E-state index contributed by atoms with van der Waals surface area (Å²) in [7, 11) is 0. The second kappa shape index (κ2) is 2.32. The van der Waals surface area contributed by atoms with Gasteiger partial charge in [0.1, 0.15) is 0 Å². The highest BCUT2D eigenvalue weighted by molar-refractivity contribution is 5.66. The van der Waals surface area contributed by atoms with E-state index in [1.807, 2.05) is 0 Å². The fourth-order valence-electron chi connectivity index (χ4n) is 0.593. The lowest BCUT2D eigenvalue weighted by atomic mass is 10.5. The summed E-state index contributed by atoms with van der Waals surface area (Å²) in [5.74, 6) is 0. The predicted octanol–water partition coefficient (Wildman–Crippen LogP) is 0.664. The van der Waals surface area contributed by atoms with E-state index in [9.17, 15) is 13.2 Å². The van der Waals surface area contributed by atoms with E-state index in [2.05, 4.69) is 5.43 Å². The van der Waals surface area contributed by atoms with Crippen molar-refractivity contribution in [1.29, 1.82) is 0 Å². The first-order chi connectivity index (χ1) is 4.61. The normalized spacial score (nSPS) is 18.1. The first kappa shape index (κ1) is 7.11. The zero-order valence-corrected chi connectivity index (χ0v) is 5.02. The Morgan fingerprint density at radius 2 is 2.10 bits per heavy atom. The van der Waals surface area contributed by atoms with Gasteiger partial charge in [-0.2, -0.15) is 5.43 Å². The average Bonchev–Trinajstić information content (AvgIpc) is 1.88. The van der Waals surface area contributed by atoms with Crippen LogP contribution in [0.15, 0.2) is 12.2 Å². The number of nitrogens with zero attached hydrogens (tertiary/aromatic N) is 1. The maximum atomic E-state index is 11.7. The van der Waals surface area contributed by atoms with Crippen molar-refractivity contribution in [3.63, 3.8) is 0 Å². The Balaban J connectivity index is 2.72. The van der Waals surface area contributed by atoms with Gasteiger partial charge >= 0.3 is 6.30 Å². The van der Waals surface area contributed by atoms with E-state index in [1.54, 1.807) is 6.08 Å². The van der Waals surface area contributed by atoms with Crippen LogP contribution in [0.4, 0.5) is 13.2 Å². The quantitative estimate of drug-likeness (QED) is 0.397. The Morgan fingerprint density at radius 3 is 2.40 bits per heavy atom. The van der Waals surface area contributed by atoms with E-state index >= 15 is 0 Å². The first-order valence-corrected chi connectivity index (χ1v) is 2.70. The molecule has 0 aliphatic carbocycles. The molecule has 0 bridgehead atoms. The fourth-order valence-corrected chi connectivity index (χ4v) is 0.593. The summed E-state index contributed by atoms with van der Waals surface area (Å²) in [5, 5.41) is 0. The van der Waals surface area contributed by atoms with Gasteiger partial charge in [-0.05, 0) is 4.68 Å². The van der Waals surface area contributed by atoms with E-state index in [1.165, 1.54) is 6.08 Å². The van der Waals surface area contributed by atoms with Crippen LogP contribution in [-0.4, -0.2) is 23.7 Å². The van der Waals surface area contributed by atoms with E-state index < -0.39 is 6.30 Å². The number of hydrazine groups is 1. The number of halogens is 3. The lowest BCUT2D eigenvalue weighted by molar-refractivity contribution is -0.748. The van der Waals surface area contributed by atoms with Crippen LogP contribution in [-0.2, 0) is 0 Å². The Bertz CT molecular complexity index is 180. The van der Waals surface area contributed by atoms with Crippen molar-refractivity contribution in [2.45, 2.75) is 6.30 Å². The molecule has 1 rings (SSSR count). The molecule has 56 valence electrons. The topological polar surface area (TPSA) is 15.0 Å². The predicted molar refractivity (Wildman–Crippen MR) is 29.5 cm³/mol. The van der Waals surface area contributed by atoms with Crippen molar-refractivity contribution in [1.82, 2.24) is 5.43 Å². The zero-order valence-electron chi connectivity index (χ0n) is 5.02. The largest absolute Gasteiger partial charge is 0.660 e. The smallest absolute Gasteiger partial charge is 0.187 e. The molecule has 1 N–H and O–H groups in total. The van der Waals surface area contributed by atoms with Crippen molar-refractivity contribution in [2.75, 3.05) is 6.54 Å². The van der Waals surface area contributed by atoms with Crippen LogP contribution in [0.1, 0.15) is 0 Å². The van der Waals surface area contributed by atoms with Crippen LogP contribution in [0.2, 0.25) is 0 Å². The summed E-state index contributed by atoms with van der Waals surface area (Å²) in [5.41, 5.74) is 2.12. The Hall–Kier alpha value is -1.00. The Kier molecular flexibility index (Phi) is 1.65. The molecular weight excluding hydrogens is 145 g/mol. The second-order valence-electron chi connectivity index (χ2n) is 1.78. The standard InChI is InChI=1S/C5H6F3N2/c6-5(7,8)10-4-2-1-3-9-10/h1-2,4,9H,3H2/q+1. The summed E-state index contributed by atoms with van der Waals surface area (Å²) in [4.78, 5) is 0. The molecule has 0 saturated carbocycles. The van der Waals surface area contributed by atoms with Crippen LogP contribution in [0.5, 0.6) is 0 Å². The molecule has 0 aromatic heterocycles. The van der Waals surface area contributed by atoms with E-state index in [0.29, 0.717) is 0 Å². The van der Waals surface area contributed by atoms with E-state index in [0.717, 1.165) is 6.21 Å². The lowest BCUT2D eigenvalue weighted by Gasteiger charge is -2.06. The van der Waals surface area contributed by atoms with Gasteiger partial charge in [-0.3, -0.25) is 0 Å². The summed E-state index contributed by atoms with van der Waals surface area (Å²) < 4.78 is 35.3. The molecule has 1 aliphatic heterocycles. The Morgan fingerprint density at radius 1 is 1.40 bits per heavy atom. The molecule has 0 aromatic carbocycles. The van der Waals surface area contributed by atoms with Crippen molar-refractivity contribution in [3.05, 3.63) is 12.2 Å². The van der Waals surface area contributed by atoms with Crippen molar-refractivity contribution < 1.29 is 17.9 Å². The third-order valence-electron chi connectivity index (χ3n) is 1.02. The van der Waals surface area contributed by atoms with Gasteiger partial charge in [0.2, 0.25) is 6.21 Å². The SMILES string of the molecule is FC(F)(F)[N+]1=CC=CCN1. The van der Waals surface area contributed by atoms with Crippen LogP contribution < -0.4 is 5.43 Å². The third-order valence-corrected chi connectivity index (χ3v) is 1.02. The molecule has 0 saturated heterocycles. The zero-order chi connectivity index (χ0) is 7.61. The molecule has 0 amide bonds. The van der Waals surface area contributed by atoms with Gasteiger partial charge in [0, 0.05) is 6.08 Å². The molecule has 0 atom stereocenters. The molecule has 2 nitrogen and oxygen atoms in total. The van der Waals surface area contributed by atoms with Gasteiger partial charge in [0.15, 0.2) is 0 Å². The highest BCUT2D eigenvalue weighted by atomic mass is 19.4. The van der Waals surface area contributed by atoms with Crippen LogP contribution in [0.3, 0.4) is 0 Å². The number of nitrogens with one attached hydrogen (secondary N) is 1. The highest BCUT2D eigenvalue weighted by Gasteiger charge is 2.44. The highest BCUT2D eigenvalue weighted by Crippen LogP contribution is 2.14. The lowest BCUT2D eigenvalue weighted by Crippen LogP contribution is -2.42. The summed E-state index contributed by atoms with van der Waals surface area (Å²) in [6, 6.07) is 0. The van der Waals surface area contributed by atoms with Gasteiger partial charge in [-0.1, -0.05) is 6.08 Å². The van der Waals surface area contributed by atoms with Gasteiger partial charge in [-0.25, -0.2) is 0 Å². The average molecular weight is 151 g/mol. The maximum absolute atomic E-state index is 11.7. The minimum Gasteiger partial charge on any atom is -0.187 e. The van der Waals surface area contributed by atoms with Crippen molar-refractivity contribution in [2.24, 2.45) is 0 Å². The summed E-state index contributed by atoms with van der Waals surface area (Å²) in [6.07, 6.45) is -0.430. The van der Waals surface area contributed by atoms with Gasteiger partial charge < -0.3 is 0 Å². The molecule has 0 aromatic rings. The number of hydrogen-bond donors (Lipinski definition) is 1. The number of allylic oxidation sites excluding steroid dienone is 1. The minimum atomic E-state index is -4.31. The van der Waals surface area contributed by atoms with Crippen LogP contribution in [0, 0.1) is 0 Å². The molecule has 0 fully saturated rings. The molecule has 1 heterocycles. The van der Waals surface area contributed by atoms with Crippen LogP contribution in [0.25, 0.3) is 0 Å². The monoisotopic (exact) mass is 151 g/mol. The van der Waals surface area contributed by atoms with Gasteiger partial charge in [0.25, 0.3) is 0 Å². The molecule has 0 unspecified atom stereocenters. The summed E-state index contributed by atoms with van der Waals surface area (Å²) >= 11 is 0. The van der Waals surface area contributed by atoms with E-state index in [-0.39, 0.29) is 11.2 Å². The number of alkyl halides is 3. The van der Waals surface area contributed by atoms with Crippen molar-refractivity contribution >= 4 is 6.21 Å². The Labute approximate surface area is 55.6 Å². The maximum Gasteiger partial charge on any atom is 0.660 e. The number of hydrazone groups is 1.